The maximum Gasteiger partial charge on any atom is 0.154 e. The van der Waals surface area contributed by atoms with E-state index >= 15 is 0 Å². The van der Waals surface area contributed by atoms with Crippen LogP contribution >= 0.6 is 15.9 Å². The topological polar surface area (TPSA) is 69.4 Å². The summed E-state index contributed by atoms with van der Waals surface area (Å²) in [5.74, 6) is 1.01. The number of rotatable bonds is 3. The largest absolute Gasteiger partial charge is 0.489 e. The molecule has 1 heterocycles. The molecule has 1 aliphatic rings. The average molecular weight is 320 g/mol. The number of hydrogen-bond acceptors (Lipinski definition) is 4. The average Bonchev–Trinajstić information content (AvgIpc) is 2.61. The van der Waals surface area contributed by atoms with Crippen molar-refractivity contribution in [2.45, 2.75) is 19.1 Å². The summed E-state index contributed by atoms with van der Waals surface area (Å²) in [6.07, 6.45) is 0.336. The van der Waals surface area contributed by atoms with Crippen molar-refractivity contribution < 1.29 is 13.2 Å². The van der Waals surface area contributed by atoms with Crippen molar-refractivity contribution in [2.24, 2.45) is 5.73 Å². The van der Waals surface area contributed by atoms with Gasteiger partial charge >= 0.3 is 0 Å². The SMILES string of the molecule is NCc1cc(OC2CCS(=O)(=O)C2)ccc1Br. The minimum atomic E-state index is -2.90. The van der Waals surface area contributed by atoms with Gasteiger partial charge in [-0.05, 0) is 30.2 Å². The molecule has 1 saturated heterocycles. The fourth-order valence-electron chi connectivity index (χ4n) is 1.83. The van der Waals surface area contributed by atoms with Crippen molar-refractivity contribution in [3.8, 4) is 5.75 Å². The van der Waals surface area contributed by atoms with Gasteiger partial charge in [0.1, 0.15) is 11.9 Å². The molecule has 6 heteroatoms. The molecule has 0 amide bonds. The van der Waals surface area contributed by atoms with Crippen LogP contribution in [0.4, 0.5) is 0 Å². The van der Waals surface area contributed by atoms with Crippen LogP contribution in [0.3, 0.4) is 0 Å². The lowest BCUT2D eigenvalue weighted by molar-refractivity contribution is 0.228. The highest BCUT2D eigenvalue weighted by Gasteiger charge is 2.29. The van der Waals surface area contributed by atoms with Gasteiger partial charge in [-0.2, -0.15) is 0 Å². The Hall–Kier alpha value is -0.590. The molecule has 1 atom stereocenters. The minimum Gasteiger partial charge on any atom is -0.489 e. The molecule has 1 aromatic carbocycles. The molecule has 17 heavy (non-hydrogen) atoms. The molecular weight excluding hydrogens is 306 g/mol. The highest BCUT2D eigenvalue weighted by atomic mass is 79.9. The van der Waals surface area contributed by atoms with E-state index in [9.17, 15) is 8.42 Å². The monoisotopic (exact) mass is 319 g/mol. The number of sulfone groups is 1. The maximum atomic E-state index is 11.3. The zero-order valence-electron chi connectivity index (χ0n) is 9.23. The first-order chi connectivity index (χ1) is 8.00. The predicted octanol–water partition coefficient (Wildman–Crippen LogP) is 1.47. The van der Waals surface area contributed by atoms with Gasteiger partial charge in [0.25, 0.3) is 0 Å². The summed E-state index contributed by atoms with van der Waals surface area (Å²) >= 11 is 3.39. The van der Waals surface area contributed by atoms with Gasteiger partial charge in [0.05, 0.1) is 11.5 Å². The van der Waals surface area contributed by atoms with Crippen LogP contribution in [0.25, 0.3) is 0 Å². The molecule has 1 unspecified atom stereocenters. The lowest BCUT2D eigenvalue weighted by atomic mass is 10.2. The minimum absolute atomic E-state index is 0.112. The second-order valence-corrected chi connectivity index (χ2v) is 7.18. The van der Waals surface area contributed by atoms with E-state index in [0.717, 1.165) is 10.0 Å². The molecule has 1 aliphatic heterocycles. The Bertz CT molecular complexity index is 515. The molecule has 1 aromatic rings. The van der Waals surface area contributed by atoms with Crippen molar-refractivity contribution in [3.05, 3.63) is 28.2 Å². The molecule has 94 valence electrons. The van der Waals surface area contributed by atoms with Crippen molar-refractivity contribution in [2.75, 3.05) is 11.5 Å². The fourth-order valence-corrected chi connectivity index (χ4v) is 3.83. The lowest BCUT2D eigenvalue weighted by Gasteiger charge is -2.13. The predicted molar refractivity (Wildman–Crippen MR) is 69.7 cm³/mol. The van der Waals surface area contributed by atoms with Crippen LogP contribution in [-0.2, 0) is 16.4 Å². The Morgan fingerprint density at radius 1 is 1.47 bits per heavy atom. The summed E-state index contributed by atoms with van der Waals surface area (Å²) in [7, 11) is -2.90. The summed E-state index contributed by atoms with van der Waals surface area (Å²) in [5.41, 5.74) is 6.54. The number of hydrogen-bond donors (Lipinski definition) is 1. The van der Waals surface area contributed by atoms with Gasteiger partial charge in [-0.1, -0.05) is 15.9 Å². The molecule has 0 bridgehead atoms. The van der Waals surface area contributed by atoms with E-state index in [1.807, 2.05) is 18.2 Å². The highest BCUT2D eigenvalue weighted by Crippen LogP contribution is 2.25. The van der Waals surface area contributed by atoms with Crippen LogP contribution in [-0.4, -0.2) is 26.0 Å². The van der Waals surface area contributed by atoms with Gasteiger partial charge in [0.15, 0.2) is 9.84 Å². The zero-order valence-corrected chi connectivity index (χ0v) is 11.6. The summed E-state index contributed by atoms with van der Waals surface area (Å²) in [5, 5.41) is 0. The Morgan fingerprint density at radius 3 is 2.82 bits per heavy atom. The Balaban J connectivity index is 2.09. The van der Waals surface area contributed by atoms with Gasteiger partial charge in [-0.25, -0.2) is 8.42 Å². The molecule has 0 aromatic heterocycles. The van der Waals surface area contributed by atoms with E-state index in [-0.39, 0.29) is 17.6 Å². The molecule has 2 rings (SSSR count). The van der Waals surface area contributed by atoms with Gasteiger partial charge in [0, 0.05) is 11.0 Å². The Kier molecular flexibility index (Phi) is 3.75. The highest BCUT2D eigenvalue weighted by molar-refractivity contribution is 9.10. The summed E-state index contributed by atoms with van der Waals surface area (Å²) in [6, 6.07) is 5.52. The molecule has 2 N–H and O–H groups in total. The van der Waals surface area contributed by atoms with E-state index in [1.54, 1.807) is 0 Å². The molecule has 0 radical (unpaired) electrons. The van der Waals surface area contributed by atoms with E-state index in [0.29, 0.717) is 18.7 Å². The number of benzene rings is 1. The number of nitrogens with two attached hydrogens (primary N) is 1. The van der Waals surface area contributed by atoms with Gasteiger partial charge in [-0.15, -0.1) is 0 Å². The summed E-state index contributed by atoms with van der Waals surface area (Å²) in [6.45, 7) is 0.417. The van der Waals surface area contributed by atoms with Gasteiger partial charge < -0.3 is 10.5 Å². The van der Waals surface area contributed by atoms with Gasteiger partial charge in [-0.3, -0.25) is 0 Å². The molecule has 0 spiro atoms. The third kappa shape index (κ3) is 3.20. The summed E-state index contributed by atoms with van der Waals surface area (Å²) in [4.78, 5) is 0. The van der Waals surface area contributed by atoms with Crippen LogP contribution in [0.2, 0.25) is 0 Å². The first kappa shape index (κ1) is 12.9. The van der Waals surface area contributed by atoms with Crippen LogP contribution in [0.1, 0.15) is 12.0 Å². The van der Waals surface area contributed by atoms with E-state index in [1.165, 1.54) is 0 Å². The molecule has 0 aliphatic carbocycles. The van der Waals surface area contributed by atoms with E-state index in [4.69, 9.17) is 10.5 Å². The quantitative estimate of drug-likeness (QED) is 0.916. The first-order valence-electron chi connectivity index (χ1n) is 5.36. The smallest absolute Gasteiger partial charge is 0.154 e. The maximum absolute atomic E-state index is 11.3. The standard InChI is InChI=1S/C11H14BrNO3S/c12-11-2-1-9(5-8(11)6-13)16-10-3-4-17(14,15)7-10/h1-2,5,10H,3-4,6-7,13H2. The first-order valence-corrected chi connectivity index (χ1v) is 7.97. The number of ether oxygens (including phenoxy) is 1. The Labute approximate surface area is 109 Å². The van der Waals surface area contributed by atoms with E-state index < -0.39 is 9.84 Å². The second kappa shape index (κ2) is 4.96. The Morgan fingerprint density at radius 2 is 2.24 bits per heavy atom. The van der Waals surface area contributed by atoms with Crippen molar-refractivity contribution in [1.82, 2.24) is 0 Å². The van der Waals surface area contributed by atoms with Gasteiger partial charge in [0.2, 0.25) is 0 Å². The van der Waals surface area contributed by atoms with Crippen LogP contribution in [0.5, 0.6) is 5.75 Å². The molecule has 4 nitrogen and oxygen atoms in total. The fraction of sp³-hybridized carbons (Fsp3) is 0.455. The van der Waals surface area contributed by atoms with Crippen molar-refractivity contribution in [3.63, 3.8) is 0 Å². The second-order valence-electron chi connectivity index (χ2n) is 4.10. The third-order valence-corrected chi connectivity index (χ3v) is 5.24. The van der Waals surface area contributed by atoms with E-state index in [2.05, 4.69) is 15.9 Å². The number of halogens is 1. The lowest BCUT2D eigenvalue weighted by Crippen LogP contribution is -2.17. The van der Waals surface area contributed by atoms with Crippen LogP contribution in [0, 0.1) is 0 Å². The van der Waals surface area contributed by atoms with Crippen molar-refractivity contribution >= 4 is 25.8 Å². The normalized spacial score (nSPS) is 22.6. The molecule has 1 fully saturated rings. The third-order valence-electron chi connectivity index (χ3n) is 2.73. The molecule has 0 saturated carbocycles. The summed E-state index contributed by atoms with van der Waals surface area (Å²) < 4.78 is 29.2. The van der Waals surface area contributed by atoms with Crippen molar-refractivity contribution in [1.29, 1.82) is 0 Å². The zero-order chi connectivity index (χ0) is 12.5. The molecular formula is C11H14BrNO3S. The van der Waals surface area contributed by atoms with Crippen LogP contribution < -0.4 is 10.5 Å². The van der Waals surface area contributed by atoms with Crippen LogP contribution in [0.15, 0.2) is 22.7 Å².